The van der Waals surface area contributed by atoms with Gasteiger partial charge in [0.25, 0.3) is 5.91 Å². The topological polar surface area (TPSA) is 74.2 Å². The second kappa shape index (κ2) is 9.43. The fourth-order valence-electron chi connectivity index (χ4n) is 3.38. The van der Waals surface area contributed by atoms with Gasteiger partial charge < -0.3 is 15.0 Å². The predicted molar refractivity (Wildman–Crippen MR) is 117 cm³/mol. The summed E-state index contributed by atoms with van der Waals surface area (Å²) in [6.45, 7) is 4.33. The first-order valence-corrected chi connectivity index (χ1v) is 10.0. The van der Waals surface area contributed by atoms with Gasteiger partial charge in [-0.25, -0.2) is 9.80 Å². The van der Waals surface area contributed by atoms with Crippen LogP contribution in [-0.2, 0) is 4.79 Å². The lowest BCUT2D eigenvalue weighted by Gasteiger charge is -2.25. The van der Waals surface area contributed by atoms with Crippen molar-refractivity contribution in [2.75, 3.05) is 27.2 Å². The third-order valence-electron chi connectivity index (χ3n) is 5.10. The third kappa shape index (κ3) is 4.79. The lowest BCUT2D eigenvalue weighted by atomic mass is 9.97. The van der Waals surface area contributed by atoms with Crippen molar-refractivity contribution in [2.45, 2.75) is 26.3 Å². The van der Waals surface area contributed by atoms with Crippen LogP contribution in [0.25, 0.3) is 0 Å². The molecule has 1 aliphatic rings. The van der Waals surface area contributed by atoms with Crippen LogP contribution in [0.15, 0.2) is 53.6 Å². The number of hydrogen-bond acceptors (Lipinski definition) is 4. The van der Waals surface area contributed by atoms with Crippen molar-refractivity contribution in [2.24, 2.45) is 5.10 Å². The van der Waals surface area contributed by atoms with Crippen LogP contribution >= 0.6 is 0 Å². The van der Waals surface area contributed by atoms with E-state index < -0.39 is 0 Å². The van der Waals surface area contributed by atoms with Crippen LogP contribution in [0, 0.1) is 6.92 Å². The van der Waals surface area contributed by atoms with E-state index in [-0.39, 0.29) is 24.5 Å². The van der Waals surface area contributed by atoms with Gasteiger partial charge in [0.1, 0.15) is 12.3 Å². The normalized spacial score (nSPS) is 15.5. The Morgan fingerprint density at radius 3 is 2.43 bits per heavy atom. The highest BCUT2D eigenvalue weighted by molar-refractivity contribution is 6.03. The van der Waals surface area contributed by atoms with E-state index in [4.69, 9.17) is 4.74 Å². The molecule has 1 atom stereocenters. The number of ether oxygens (including phenoxy) is 1. The van der Waals surface area contributed by atoms with Crippen LogP contribution in [0.2, 0.25) is 0 Å². The van der Waals surface area contributed by atoms with E-state index in [1.165, 1.54) is 9.91 Å². The van der Waals surface area contributed by atoms with E-state index in [9.17, 15) is 9.59 Å². The Morgan fingerprint density at radius 1 is 1.17 bits per heavy atom. The van der Waals surface area contributed by atoms with Crippen LogP contribution in [0.4, 0.5) is 4.79 Å². The number of hydrogen-bond donors (Lipinski definition) is 1. The number of likely N-dealkylation sites (N-methyl/N-ethyl adjacent to an activating group) is 1. The number of methoxy groups -OCH3 is 1. The van der Waals surface area contributed by atoms with Crippen molar-refractivity contribution in [3.8, 4) is 5.75 Å². The summed E-state index contributed by atoms with van der Waals surface area (Å²) in [6, 6.07) is 15.3. The molecule has 1 aliphatic heterocycles. The zero-order valence-electron chi connectivity index (χ0n) is 17.9. The maximum Gasteiger partial charge on any atom is 0.317 e. The minimum atomic E-state index is -0.281. The molecule has 1 N–H and O–H groups in total. The molecule has 2 aromatic rings. The Labute approximate surface area is 177 Å². The molecule has 7 nitrogen and oxygen atoms in total. The van der Waals surface area contributed by atoms with Crippen molar-refractivity contribution < 1.29 is 14.3 Å². The largest absolute Gasteiger partial charge is 0.497 e. The van der Waals surface area contributed by atoms with E-state index >= 15 is 0 Å². The number of nitrogens with one attached hydrogen (secondary N) is 1. The summed E-state index contributed by atoms with van der Waals surface area (Å²) in [5.41, 5.74) is 3.95. The number of aryl methyl sites for hydroxylation is 1. The second-order valence-electron chi connectivity index (χ2n) is 7.34. The number of carbonyl (C=O) groups is 2. The van der Waals surface area contributed by atoms with Crippen molar-refractivity contribution in [3.05, 3.63) is 65.2 Å². The Bertz CT molecular complexity index is 922. The first kappa shape index (κ1) is 21.4. The minimum Gasteiger partial charge on any atom is -0.497 e. The maximum absolute atomic E-state index is 13.1. The minimum absolute atomic E-state index is 0.0480. The fourth-order valence-corrected chi connectivity index (χ4v) is 3.38. The zero-order valence-corrected chi connectivity index (χ0v) is 17.9. The third-order valence-corrected chi connectivity index (χ3v) is 5.10. The summed E-state index contributed by atoms with van der Waals surface area (Å²) in [5.74, 6) is 0.543. The van der Waals surface area contributed by atoms with Gasteiger partial charge in [-0.2, -0.15) is 5.10 Å². The summed E-state index contributed by atoms with van der Waals surface area (Å²) in [7, 11) is 3.23. The molecule has 1 heterocycles. The second-order valence-corrected chi connectivity index (χ2v) is 7.34. The number of amides is 3. The predicted octanol–water partition coefficient (Wildman–Crippen LogP) is 3.34. The number of hydrazone groups is 1. The number of urea groups is 1. The monoisotopic (exact) mass is 408 g/mol. The van der Waals surface area contributed by atoms with Gasteiger partial charge in [-0.05, 0) is 49.2 Å². The number of carbonyl (C=O) groups excluding carboxylic acids is 2. The fraction of sp³-hybridized carbons (Fsp3) is 0.348. The van der Waals surface area contributed by atoms with Crippen molar-refractivity contribution >= 4 is 17.6 Å². The van der Waals surface area contributed by atoms with Crippen LogP contribution in [0.3, 0.4) is 0 Å². The smallest absolute Gasteiger partial charge is 0.317 e. The van der Waals surface area contributed by atoms with Gasteiger partial charge in [0.2, 0.25) is 0 Å². The van der Waals surface area contributed by atoms with Gasteiger partial charge in [0.15, 0.2) is 0 Å². The Kier molecular flexibility index (Phi) is 6.72. The summed E-state index contributed by atoms with van der Waals surface area (Å²) in [5, 5.41) is 8.87. The van der Waals surface area contributed by atoms with Crippen molar-refractivity contribution in [1.29, 1.82) is 0 Å². The van der Waals surface area contributed by atoms with Gasteiger partial charge in [0, 0.05) is 20.0 Å². The first-order valence-electron chi connectivity index (χ1n) is 10.0. The SMILES string of the molecule is CCNC(=O)N(C)CC(=O)N1N=C(c2ccc(OC)cc2)CC1c1ccc(C)cc1. The lowest BCUT2D eigenvalue weighted by molar-refractivity contribution is -0.133. The molecule has 0 bridgehead atoms. The molecule has 30 heavy (non-hydrogen) atoms. The van der Waals surface area contributed by atoms with Gasteiger partial charge in [-0.1, -0.05) is 29.8 Å². The molecule has 3 amide bonds. The molecule has 0 aromatic heterocycles. The van der Waals surface area contributed by atoms with Gasteiger partial charge in [0.05, 0.1) is 18.9 Å². The molecule has 0 spiro atoms. The molecule has 0 saturated carbocycles. The first-order chi connectivity index (χ1) is 14.4. The van der Waals surface area contributed by atoms with Crippen LogP contribution in [-0.4, -0.2) is 54.8 Å². The average molecular weight is 409 g/mol. The molecule has 158 valence electrons. The molecule has 2 aromatic carbocycles. The quantitative estimate of drug-likeness (QED) is 0.797. The Hall–Kier alpha value is -3.35. The Morgan fingerprint density at radius 2 is 1.83 bits per heavy atom. The van der Waals surface area contributed by atoms with Crippen LogP contribution in [0.5, 0.6) is 5.75 Å². The highest BCUT2D eigenvalue weighted by atomic mass is 16.5. The molecule has 0 radical (unpaired) electrons. The average Bonchev–Trinajstić information content (AvgIpc) is 3.20. The molecule has 0 aliphatic carbocycles. The summed E-state index contributed by atoms with van der Waals surface area (Å²) < 4.78 is 5.23. The molecule has 3 rings (SSSR count). The summed E-state index contributed by atoms with van der Waals surface area (Å²) >= 11 is 0. The highest BCUT2D eigenvalue weighted by Gasteiger charge is 2.33. The number of rotatable bonds is 6. The lowest BCUT2D eigenvalue weighted by Crippen LogP contribution is -2.43. The molecule has 0 saturated heterocycles. The van der Waals surface area contributed by atoms with Crippen molar-refractivity contribution in [3.63, 3.8) is 0 Å². The van der Waals surface area contributed by atoms with Crippen molar-refractivity contribution in [1.82, 2.24) is 15.2 Å². The zero-order chi connectivity index (χ0) is 21.7. The summed E-state index contributed by atoms with van der Waals surface area (Å²) in [4.78, 5) is 26.5. The van der Waals surface area contributed by atoms with Crippen LogP contribution in [0.1, 0.15) is 36.1 Å². The molecule has 7 heteroatoms. The van der Waals surface area contributed by atoms with Crippen LogP contribution < -0.4 is 10.1 Å². The number of benzene rings is 2. The Balaban J connectivity index is 1.86. The van der Waals surface area contributed by atoms with Gasteiger partial charge in [-0.3, -0.25) is 4.79 Å². The van der Waals surface area contributed by atoms with Gasteiger partial charge in [-0.15, -0.1) is 0 Å². The number of nitrogens with zero attached hydrogens (tertiary/aromatic N) is 3. The molecular formula is C23H28N4O3. The highest BCUT2D eigenvalue weighted by Crippen LogP contribution is 2.33. The van der Waals surface area contributed by atoms with Gasteiger partial charge >= 0.3 is 6.03 Å². The van der Waals surface area contributed by atoms with E-state index in [2.05, 4.69) is 10.4 Å². The maximum atomic E-state index is 13.1. The standard InChI is InChI=1S/C23H28N4O3/c1-5-24-23(29)26(3)15-22(28)27-21(18-8-6-16(2)7-9-18)14-20(25-27)17-10-12-19(30-4)13-11-17/h6-13,21H,5,14-15H2,1-4H3,(H,24,29). The summed E-state index contributed by atoms with van der Waals surface area (Å²) in [6.07, 6.45) is 0.603. The van der Waals surface area contributed by atoms with E-state index in [1.54, 1.807) is 14.2 Å². The molecular weight excluding hydrogens is 380 g/mol. The van der Waals surface area contributed by atoms with E-state index in [1.807, 2.05) is 62.4 Å². The van der Waals surface area contributed by atoms with E-state index in [0.717, 1.165) is 28.2 Å². The molecule has 0 fully saturated rings. The molecule has 1 unspecified atom stereocenters. The van der Waals surface area contributed by atoms with E-state index in [0.29, 0.717) is 13.0 Å².